The first-order valence-corrected chi connectivity index (χ1v) is 9.49. The number of nitrogens with one attached hydrogen (secondary N) is 2. The summed E-state index contributed by atoms with van der Waals surface area (Å²) in [4.78, 5) is 24.0. The monoisotopic (exact) mass is 356 g/mol. The lowest BCUT2D eigenvalue weighted by molar-refractivity contribution is -0.124. The first kappa shape index (κ1) is 17.3. The Kier molecular flexibility index (Phi) is 4.33. The van der Waals surface area contributed by atoms with E-state index >= 15 is 0 Å². The number of amides is 2. The average molecular weight is 356 g/mol. The standard InChI is InChI=1S/C21H25FN2O2/c1-13-2-5-17(22)18(10-13)24-20(26)7-6-19(25)23-12-14-11-15-3-4-16(14)21(15)8-9-21/h2-5,10,14-16H,6-9,11-12H2,1H3,(H,23,25)(H,24,26)/t14-,15-,16-/m0/s1. The number of allylic oxidation sites excluding steroid dienone is 2. The smallest absolute Gasteiger partial charge is 0.224 e. The molecule has 0 saturated heterocycles. The van der Waals surface area contributed by atoms with Crippen LogP contribution in [0.4, 0.5) is 10.1 Å². The Morgan fingerprint density at radius 2 is 1.96 bits per heavy atom. The maximum atomic E-state index is 13.7. The minimum absolute atomic E-state index is 0.0553. The molecule has 0 heterocycles. The van der Waals surface area contributed by atoms with Crippen molar-refractivity contribution in [2.45, 2.75) is 39.0 Å². The van der Waals surface area contributed by atoms with E-state index in [0.29, 0.717) is 29.7 Å². The second-order valence-corrected chi connectivity index (χ2v) is 8.08. The third-order valence-electron chi connectivity index (χ3n) is 6.38. The van der Waals surface area contributed by atoms with Crippen LogP contribution in [0.15, 0.2) is 30.4 Å². The van der Waals surface area contributed by atoms with Crippen molar-refractivity contribution >= 4 is 17.5 Å². The molecule has 2 fully saturated rings. The predicted octanol–water partition coefficient (Wildman–Crippen LogP) is 3.57. The lowest BCUT2D eigenvalue weighted by atomic mass is 9.89. The second kappa shape index (κ2) is 6.53. The molecule has 2 bridgehead atoms. The van der Waals surface area contributed by atoms with Gasteiger partial charge in [0, 0.05) is 19.4 Å². The fourth-order valence-corrected chi connectivity index (χ4v) is 4.86. The van der Waals surface area contributed by atoms with Gasteiger partial charge in [-0.15, -0.1) is 0 Å². The number of carbonyl (C=O) groups is 2. The molecule has 1 spiro atoms. The summed E-state index contributed by atoms with van der Waals surface area (Å²) in [7, 11) is 0. The van der Waals surface area contributed by atoms with Gasteiger partial charge in [0.2, 0.25) is 11.8 Å². The van der Waals surface area contributed by atoms with Crippen LogP contribution in [0, 0.1) is 35.9 Å². The van der Waals surface area contributed by atoms with Crippen molar-refractivity contribution in [3.05, 3.63) is 41.7 Å². The zero-order valence-corrected chi connectivity index (χ0v) is 15.1. The SMILES string of the molecule is Cc1ccc(F)c(NC(=O)CCC(=O)NC[C@@H]2C[C@@H]3C=C[C@@H]2C32CC2)c1. The minimum atomic E-state index is -0.466. The zero-order chi connectivity index (χ0) is 18.3. The first-order valence-electron chi connectivity index (χ1n) is 9.49. The molecular formula is C21H25FN2O2. The Morgan fingerprint density at radius 3 is 2.69 bits per heavy atom. The molecule has 5 heteroatoms. The number of rotatable bonds is 6. The molecule has 0 aliphatic heterocycles. The molecule has 0 radical (unpaired) electrons. The molecule has 4 nitrogen and oxygen atoms in total. The number of aryl methyl sites for hydroxylation is 1. The highest BCUT2D eigenvalue weighted by molar-refractivity contribution is 5.93. The van der Waals surface area contributed by atoms with Crippen LogP contribution in [0.25, 0.3) is 0 Å². The van der Waals surface area contributed by atoms with Gasteiger partial charge in [-0.1, -0.05) is 18.2 Å². The topological polar surface area (TPSA) is 58.2 Å². The Bertz CT molecular complexity index is 769. The molecule has 26 heavy (non-hydrogen) atoms. The fourth-order valence-electron chi connectivity index (χ4n) is 4.86. The zero-order valence-electron chi connectivity index (χ0n) is 15.1. The highest BCUT2D eigenvalue weighted by Crippen LogP contribution is 2.69. The summed E-state index contributed by atoms with van der Waals surface area (Å²) >= 11 is 0. The molecule has 3 atom stereocenters. The third kappa shape index (κ3) is 3.15. The lowest BCUT2D eigenvalue weighted by Gasteiger charge is -2.20. The molecule has 3 aliphatic rings. The van der Waals surface area contributed by atoms with E-state index in [4.69, 9.17) is 0 Å². The fraction of sp³-hybridized carbons (Fsp3) is 0.524. The molecule has 1 aromatic rings. The normalized spacial score (nSPS) is 26.9. The summed E-state index contributed by atoms with van der Waals surface area (Å²) in [5.41, 5.74) is 1.57. The number of hydrogen-bond donors (Lipinski definition) is 2. The van der Waals surface area contributed by atoms with E-state index in [-0.39, 0.29) is 30.3 Å². The molecule has 0 aromatic heterocycles. The first-order chi connectivity index (χ1) is 12.5. The van der Waals surface area contributed by atoms with Gasteiger partial charge in [-0.05, 0) is 67.1 Å². The molecule has 4 rings (SSSR count). The van der Waals surface area contributed by atoms with Gasteiger partial charge in [-0.25, -0.2) is 4.39 Å². The maximum Gasteiger partial charge on any atom is 0.224 e. The second-order valence-electron chi connectivity index (χ2n) is 8.08. The Morgan fingerprint density at radius 1 is 1.19 bits per heavy atom. The van der Waals surface area contributed by atoms with E-state index in [1.165, 1.54) is 25.3 Å². The maximum absolute atomic E-state index is 13.7. The van der Waals surface area contributed by atoms with Crippen LogP contribution >= 0.6 is 0 Å². The Labute approximate surface area is 153 Å². The van der Waals surface area contributed by atoms with Gasteiger partial charge >= 0.3 is 0 Å². The van der Waals surface area contributed by atoms with Gasteiger partial charge in [0.25, 0.3) is 0 Å². The van der Waals surface area contributed by atoms with Crippen LogP contribution in [0.5, 0.6) is 0 Å². The largest absolute Gasteiger partial charge is 0.356 e. The van der Waals surface area contributed by atoms with E-state index in [2.05, 4.69) is 22.8 Å². The van der Waals surface area contributed by atoms with Crippen molar-refractivity contribution in [1.82, 2.24) is 5.32 Å². The molecule has 138 valence electrons. The molecule has 2 saturated carbocycles. The van der Waals surface area contributed by atoms with Gasteiger partial charge < -0.3 is 10.6 Å². The highest BCUT2D eigenvalue weighted by Gasteiger charge is 2.62. The highest BCUT2D eigenvalue weighted by atomic mass is 19.1. The lowest BCUT2D eigenvalue weighted by Crippen LogP contribution is -2.32. The van der Waals surface area contributed by atoms with Crippen molar-refractivity contribution in [2.24, 2.45) is 23.2 Å². The summed E-state index contributed by atoms with van der Waals surface area (Å²) in [5.74, 6) is 0.953. The number of halogens is 1. The van der Waals surface area contributed by atoms with Crippen molar-refractivity contribution in [3.63, 3.8) is 0 Å². The van der Waals surface area contributed by atoms with Crippen molar-refractivity contribution in [3.8, 4) is 0 Å². The quantitative estimate of drug-likeness (QED) is 0.766. The van der Waals surface area contributed by atoms with Crippen LogP contribution < -0.4 is 10.6 Å². The molecule has 3 aliphatic carbocycles. The van der Waals surface area contributed by atoms with Gasteiger partial charge in [0.05, 0.1) is 5.69 Å². The van der Waals surface area contributed by atoms with Crippen molar-refractivity contribution in [1.29, 1.82) is 0 Å². The number of carbonyl (C=O) groups excluding carboxylic acids is 2. The molecular weight excluding hydrogens is 331 g/mol. The summed E-state index contributed by atoms with van der Waals surface area (Å²) < 4.78 is 13.7. The van der Waals surface area contributed by atoms with Gasteiger partial charge in [0.15, 0.2) is 0 Å². The van der Waals surface area contributed by atoms with E-state index < -0.39 is 5.82 Å². The summed E-state index contributed by atoms with van der Waals surface area (Å²) in [5, 5.41) is 5.53. The van der Waals surface area contributed by atoms with E-state index in [1.54, 1.807) is 12.1 Å². The number of anilines is 1. The van der Waals surface area contributed by atoms with E-state index in [9.17, 15) is 14.0 Å². The molecule has 0 unspecified atom stereocenters. The van der Waals surface area contributed by atoms with Gasteiger partial charge in [-0.2, -0.15) is 0 Å². The summed E-state index contributed by atoms with van der Waals surface area (Å²) in [6, 6.07) is 4.56. The van der Waals surface area contributed by atoms with Crippen molar-refractivity contribution < 1.29 is 14.0 Å². The minimum Gasteiger partial charge on any atom is -0.356 e. The molecule has 2 amide bonds. The number of benzene rings is 1. The van der Waals surface area contributed by atoms with Gasteiger partial charge in [0.1, 0.15) is 5.82 Å². The third-order valence-corrected chi connectivity index (χ3v) is 6.38. The van der Waals surface area contributed by atoms with Crippen LogP contribution in [0.1, 0.15) is 37.7 Å². The predicted molar refractivity (Wildman–Crippen MR) is 97.9 cm³/mol. The Balaban J connectivity index is 1.20. The van der Waals surface area contributed by atoms with E-state index in [0.717, 1.165) is 5.56 Å². The number of hydrogen-bond acceptors (Lipinski definition) is 2. The Hall–Kier alpha value is -2.17. The summed E-state index contributed by atoms with van der Waals surface area (Å²) in [6.45, 7) is 2.53. The van der Waals surface area contributed by atoms with Crippen LogP contribution in [0.2, 0.25) is 0 Å². The van der Waals surface area contributed by atoms with Crippen molar-refractivity contribution in [2.75, 3.05) is 11.9 Å². The summed E-state index contributed by atoms with van der Waals surface area (Å²) in [6.07, 6.45) is 8.73. The van der Waals surface area contributed by atoms with Crippen LogP contribution in [-0.4, -0.2) is 18.4 Å². The van der Waals surface area contributed by atoms with Crippen LogP contribution in [-0.2, 0) is 9.59 Å². The van der Waals surface area contributed by atoms with Crippen LogP contribution in [0.3, 0.4) is 0 Å². The molecule has 1 aromatic carbocycles. The van der Waals surface area contributed by atoms with Gasteiger partial charge in [-0.3, -0.25) is 9.59 Å². The van der Waals surface area contributed by atoms with E-state index in [1.807, 2.05) is 6.92 Å². The molecule has 2 N–H and O–H groups in total. The average Bonchev–Trinajstić information content (AvgIpc) is 3.28.